The molecule has 1 amide bonds. The van der Waals surface area contributed by atoms with Gasteiger partial charge in [-0.1, -0.05) is 36.5 Å². The third kappa shape index (κ3) is 5.26. The Labute approximate surface area is 214 Å². The fraction of sp³-hybridized carbons (Fsp3) is 0.440. The predicted molar refractivity (Wildman–Crippen MR) is 145 cm³/mol. The summed E-state index contributed by atoms with van der Waals surface area (Å²) in [6.45, 7) is 7.95. The summed E-state index contributed by atoms with van der Waals surface area (Å²) in [4.78, 5) is 37.5. The normalized spacial score (nSPS) is 16.9. The second kappa shape index (κ2) is 10.5. The van der Waals surface area contributed by atoms with Crippen molar-refractivity contribution < 1.29 is 4.79 Å². The number of fused-ring (bicyclic) bond motifs is 1. The lowest BCUT2D eigenvalue weighted by atomic mass is 10.00. The molecule has 4 rings (SSSR count). The van der Waals surface area contributed by atoms with Crippen LogP contribution in [0.4, 0.5) is 11.6 Å². The number of nitrogens with zero attached hydrogens (tertiary/aromatic N) is 4. The number of aryl methyl sites for hydroxylation is 1. The molecule has 0 spiro atoms. The molecule has 0 radical (unpaired) electrons. The zero-order chi connectivity index (χ0) is 25.3. The van der Waals surface area contributed by atoms with E-state index in [1.54, 1.807) is 30.0 Å². The van der Waals surface area contributed by atoms with Crippen molar-refractivity contribution in [3.63, 3.8) is 0 Å². The van der Waals surface area contributed by atoms with Crippen molar-refractivity contribution in [1.29, 1.82) is 0 Å². The Kier molecular flexibility index (Phi) is 7.56. The Balaban J connectivity index is 1.79. The second-order valence-electron chi connectivity index (χ2n) is 9.25. The summed E-state index contributed by atoms with van der Waals surface area (Å²) in [7, 11) is 1.79. The summed E-state index contributed by atoms with van der Waals surface area (Å²) in [5.74, 6) is 0.912. The minimum absolute atomic E-state index is 0.0615. The minimum atomic E-state index is -0.336. The lowest BCUT2D eigenvalue weighted by molar-refractivity contribution is 0.0980. The average Bonchev–Trinajstić information content (AvgIpc) is 2.82. The monoisotopic (exact) mass is 514 g/mol. The highest BCUT2D eigenvalue weighted by molar-refractivity contribution is 7.97. The molecule has 10 heteroatoms. The van der Waals surface area contributed by atoms with Gasteiger partial charge in [-0.2, -0.15) is 0 Å². The maximum atomic E-state index is 13.4. The van der Waals surface area contributed by atoms with Crippen LogP contribution in [0.25, 0.3) is 10.9 Å². The van der Waals surface area contributed by atoms with Crippen molar-refractivity contribution >= 4 is 52.0 Å². The number of rotatable bonds is 6. The van der Waals surface area contributed by atoms with Gasteiger partial charge in [0.2, 0.25) is 5.95 Å². The van der Waals surface area contributed by atoms with E-state index in [0.717, 1.165) is 30.6 Å². The molecule has 1 aromatic carbocycles. The maximum absolute atomic E-state index is 13.4. The average molecular weight is 515 g/mol. The van der Waals surface area contributed by atoms with E-state index in [9.17, 15) is 9.59 Å². The largest absolute Gasteiger partial charge is 0.377 e. The SMILES string of the molecule is CSNC(=O)c1nc(Cl)ccc1NC(C)c1cc(C)cc2c(=O)n(C)c(N3CCCC(C)C3)nc12. The fourth-order valence-electron chi connectivity index (χ4n) is 4.70. The van der Waals surface area contributed by atoms with Crippen LogP contribution >= 0.6 is 23.5 Å². The molecule has 0 saturated carbocycles. The first-order valence-corrected chi connectivity index (χ1v) is 13.3. The van der Waals surface area contributed by atoms with Crippen molar-refractivity contribution in [1.82, 2.24) is 19.3 Å². The van der Waals surface area contributed by atoms with Crippen LogP contribution in [-0.4, -0.2) is 39.8 Å². The standard InChI is InChI=1S/C25H31ClN6O2S/c1-14-7-6-10-32(13-14)25-29-21-17(11-15(2)12-18(21)24(34)31(25)4)16(3)27-19-8-9-20(26)28-22(19)23(33)30-35-5/h8-9,11-12,14,16,27H,6-7,10,13H2,1-5H3,(H,30,33). The molecule has 3 aromatic rings. The second-order valence-corrected chi connectivity index (χ2v) is 10.3. The van der Waals surface area contributed by atoms with Crippen LogP contribution < -0.4 is 20.5 Å². The topological polar surface area (TPSA) is 92.2 Å². The van der Waals surface area contributed by atoms with Crippen molar-refractivity contribution in [3.05, 3.63) is 56.6 Å². The molecule has 0 aliphatic carbocycles. The summed E-state index contributed by atoms with van der Waals surface area (Å²) in [5, 5.41) is 4.22. The molecule has 3 heterocycles. The third-order valence-corrected chi connectivity index (χ3v) is 6.98. The molecule has 2 atom stereocenters. The van der Waals surface area contributed by atoms with Gasteiger partial charge in [0.1, 0.15) is 5.15 Å². The van der Waals surface area contributed by atoms with E-state index in [2.05, 4.69) is 26.8 Å². The highest BCUT2D eigenvalue weighted by atomic mass is 35.5. The van der Waals surface area contributed by atoms with Gasteiger partial charge in [0, 0.05) is 32.0 Å². The summed E-state index contributed by atoms with van der Waals surface area (Å²) < 4.78 is 4.36. The lowest BCUT2D eigenvalue weighted by Crippen LogP contribution is -2.38. The number of carbonyl (C=O) groups is 1. The van der Waals surface area contributed by atoms with Crippen LogP contribution in [0.15, 0.2) is 29.1 Å². The predicted octanol–water partition coefficient (Wildman–Crippen LogP) is 4.71. The number of benzene rings is 1. The van der Waals surface area contributed by atoms with Crippen molar-refractivity contribution in [2.24, 2.45) is 13.0 Å². The lowest BCUT2D eigenvalue weighted by Gasteiger charge is -2.33. The Morgan fingerprint density at radius 1 is 1.29 bits per heavy atom. The van der Waals surface area contributed by atoms with Crippen LogP contribution in [0.5, 0.6) is 0 Å². The first-order valence-electron chi connectivity index (χ1n) is 11.7. The van der Waals surface area contributed by atoms with Crippen LogP contribution in [0, 0.1) is 12.8 Å². The number of hydrogen-bond donors (Lipinski definition) is 2. The van der Waals surface area contributed by atoms with Crippen molar-refractivity contribution in [2.45, 2.75) is 39.7 Å². The summed E-state index contributed by atoms with van der Waals surface area (Å²) in [5.41, 5.74) is 3.22. The molecule has 0 bridgehead atoms. The minimum Gasteiger partial charge on any atom is -0.377 e. The molecule has 2 unspecified atom stereocenters. The van der Waals surface area contributed by atoms with Crippen molar-refractivity contribution in [3.8, 4) is 0 Å². The molecular weight excluding hydrogens is 484 g/mol. The van der Waals surface area contributed by atoms with E-state index in [-0.39, 0.29) is 28.4 Å². The smallest absolute Gasteiger partial charge is 0.281 e. The zero-order valence-electron chi connectivity index (χ0n) is 20.7. The first-order chi connectivity index (χ1) is 16.7. The molecule has 35 heavy (non-hydrogen) atoms. The van der Waals surface area contributed by atoms with Gasteiger partial charge in [-0.3, -0.25) is 18.9 Å². The number of hydrogen-bond acceptors (Lipinski definition) is 7. The van der Waals surface area contributed by atoms with Gasteiger partial charge in [0.25, 0.3) is 11.5 Å². The summed E-state index contributed by atoms with van der Waals surface area (Å²) in [6.07, 6.45) is 4.03. The summed E-state index contributed by atoms with van der Waals surface area (Å²) in [6, 6.07) is 7.07. The van der Waals surface area contributed by atoms with Gasteiger partial charge in [-0.15, -0.1) is 0 Å². The van der Waals surface area contributed by atoms with Crippen LogP contribution in [0.1, 0.15) is 54.3 Å². The molecule has 2 aromatic heterocycles. The van der Waals surface area contributed by atoms with Gasteiger partial charge in [-0.25, -0.2) is 9.97 Å². The summed E-state index contributed by atoms with van der Waals surface area (Å²) >= 11 is 7.26. The molecular formula is C25H31ClN6O2S. The maximum Gasteiger partial charge on any atom is 0.281 e. The first kappa shape index (κ1) is 25.3. The Morgan fingerprint density at radius 2 is 2.06 bits per heavy atom. The van der Waals surface area contributed by atoms with Gasteiger partial charge < -0.3 is 10.2 Å². The highest BCUT2D eigenvalue weighted by Crippen LogP contribution is 2.30. The molecule has 1 saturated heterocycles. The van der Waals surface area contributed by atoms with E-state index in [1.165, 1.54) is 18.4 Å². The van der Waals surface area contributed by atoms with Gasteiger partial charge in [0.05, 0.1) is 22.6 Å². The van der Waals surface area contributed by atoms with E-state index in [1.807, 2.05) is 26.0 Å². The quantitative estimate of drug-likeness (QED) is 0.363. The molecule has 1 aliphatic rings. The number of halogens is 1. The number of piperidine rings is 1. The van der Waals surface area contributed by atoms with Crippen LogP contribution in [0.3, 0.4) is 0 Å². The van der Waals surface area contributed by atoms with Crippen LogP contribution in [0.2, 0.25) is 5.15 Å². The van der Waals surface area contributed by atoms with Gasteiger partial charge in [0.15, 0.2) is 5.69 Å². The number of carbonyl (C=O) groups excluding carboxylic acids is 1. The Bertz CT molecular complexity index is 1330. The number of nitrogens with one attached hydrogen (secondary N) is 2. The molecule has 186 valence electrons. The van der Waals surface area contributed by atoms with Gasteiger partial charge in [-0.05, 0) is 56.4 Å². The number of pyridine rings is 1. The Morgan fingerprint density at radius 3 is 2.77 bits per heavy atom. The zero-order valence-corrected chi connectivity index (χ0v) is 22.3. The van der Waals surface area contributed by atoms with Crippen molar-refractivity contribution in [2.75, 3.05) is 29.6 Å². The molecule has 1 aliphatic heterocycles. The fourth-order valence-corrected chi connectivity index (χ4v) is 5.13. The van der Waals surface area contributed by atoms with E-state index in [4.69, 9.17) is 16.6 Å². The molecule has 8 nitrogen and oxygen atoms in total. The van der Waals surface area contributed by atoms with E-state index in [0.29, 0.717) is 28.5 Å². The molecule has 2 N–H and O–H groups in total. The highest BCUT2D eigenvalue weighted by Gasteiger charge is 2.24. The molecule has 1 fully saturated rings. The van der Waals surface area contributed by atoms with Gasteiger partial charge >= 0.3 is 0 Å². The third-order valence-electron chi connectivity index (χ3n) is 6.38. The Hall–Kier alpha value is -2.78. The van der Waals surface area contributed by atoms with E-state index < -0.39 is 0 Å². The van der Waals surface area contributed by atoms with Crippen LogP contribution in [-0.2, 0) is 7.05 Å². The van der Waals surface area contributed by atoms with E-state index >= 15 is 0 Å². The number of aromatic nitrogens is 3. The number of amides is 1. The number of anilines is 2.